The van der Waals surface area contributed by atoms with Gasteiger partial charge in [0.15, 0.2) is 0 Å². The van der Waals surface area contributed by atoms with Crippen LogP contribution in [-0.2, 0) is 0 Å². The van der Waals surface area contributed by atoms with Crippen LogP contribution in [0.2, 0.25) is 0 Å². The number of hydrogen-bond acceptors (Lipinski definition) is 2. The van der Waals surface area contributed by atoms with E-state index in [9.17, 15) is 0 Å². The van der Waals surface area contributed by atoms with Crippen LogP contribution in [-0.4, -0.2) is 0 Å². The molecule has 0 atom stereocenters. The van der Waals surface area contributed by atoms with Crippen LogP contribution >= 0.6 is 0 Å². The van der Waals surface area contributed by atoms with Gasteiger partial charge in [-0.25, -0.2) is 0 Å². The monoisotopic (exact) mass is 789 g/mol. The molecule has 0 saturated carbocycles. The minimum absolute atomic E-state index is 0.863. The summed E-state index contributed by atoms with van der Waals surface area (Å²) < 4.78 is 6.71. The fourth-order valence-corrected chi connectivity index (χ4v) is 9.47. The van der Waals surface area contributed by atoms with E-state index < -0.39 is 0 Å². The van der Waals surface area contributed by atoms with Crippen LogP contribution in [0.5, 0.6) is 0 Å². The third kappa shape index (κ3) is 6.04. The van der Waals surface area contributed by atoms with Crippen molar-refractivity contribution in [2.24, 2.45) is 0 Å². The van der Waals surface area contributed by atoms with Gasteiger partial charge in [0.25, 0.3) is 0 Å². The van der Waals surface area contributed by atoms with E-state index in [2.05, 4.69) is 241 Å². The highest BCUT2D eigenvalue weighted by Crippen LogP contribution is 2.46. The van der Waals surface area contributed by atoms with Crippen molar-refractivity contribution in [3.05, 3.63) is 237 Å². The molecule has 0 fully saturated rings. The Morgan fingerprint density at radius 3 is 1.53 bits per heavy atom. The highest BCUT2D eigenvalue weighted by Gasteiger charge is 2.21. The van der Waals surface area contributed by atoms with E-state index in [-0.39, 0.29) is 0 Å². The Hall–Kier alpha value is -8.20. The summed E-state index contributed by atoms with van der Waals surface area (Å²) in [4.78, 5) is 2.38. The predicted molar refractivity (Wildman–Crippen MR) is 263 cm³/mol. The van der Waals surface area contributed by atoms with Crippen LogP contribution in [0.3, 0.4) is 0 Å². The third-order valence-electron chi connectivity index (χ3n) is 12.5. The lowest BCUT2D eigenvalue weighted by Crippen LogP contribution is -2.10. The van der Waals surface area contributed by atoms with Gasteiger partial charge in [-0.1, -0.05) is 188 Å². The Bertz CT molecular complexity index is 3600. The average molecular weight is 790 g/mol. The Morgan fingerprint density at radius 1 is 0.290 bits per heavy atom. The lowest BCUT2D eigenvalue weighted by Gasteiger charge is -2.27. The normalized spacial score (nSPS) is 11.5. The first kappa shape index (κ1) is 35.7. The molecule has 1 aromatic heterocycles. The first-order valence-corrected chi connectivity index (χ1v) is 21.2. The van der Waals surface area contributed by atoms with Crippen molar-refractivity contribution >= 4 is 71.3 Å². The van der Waals surface area contributed by atoms with Crippen molar-refractivity contribution in [1.29, 1.82) is 0 Å². The quantitative estimate of drug-likeness (QED) is 0.150. The van der Waals surface area contributed by atoms with Crippen LogP contribution in [0.1, 0.15) is 0 Å². The second-order valence-corrected chi connectivity index (χ2v) is 16.0. The third-order valence-corrected chi connectivity index (χ3v) is 12.5. The molecule has 0 unspecified atom stereocenters. The Kier molecular flexibility index (Phi) is 8.53. The molecule has 11 aromatic carbocycles. The van der Waals surface area contributed by atoms with Gasteiger partial charge in [-0.05, 0) is 120 Å². The summed E-state index contributed by atoms with van der Waals surface area (Å²) in [6.45, 7) is 0. The van der Waals surface area contributed by atoms with Gasteiger partial charge in [-0.2, -0.15) is 0 Å². The highest BCUT2D eigenvalue weighted by atomic mass is 16.3. The molecule has 0 saturated heterocycles. The zero-order chi connectivity index (χ0) is 41.0. The lowest BCUT2D eigenvalue weighted by molar-refractivity contribution is 0.672. The largest absolute Gasteiger partial charge is 0.455 e. The van der Waals surface area contributed by atoms with Gasteiger partial charge in [-0.15, -0.1) is 0 Å². The minimum Gasteiger partial charge on any atom is -0.455 e. The predicted octanol–water partition coefficient (Wildman–Crippen LogP) is 17.2. The number of rotatable bonds is 7. The van der Waals surface area contributed by atoms with Crippen LogP contribution < -0.4 is 4.90 Å². The summed E-state index contributed by atoms with van der Waals surface area (Å²) in [6, 6.07) is 85.4. The van der Waals surface area contributed by atoms with Gasteiger partial charge >= 0.3 is 0 Å². The fourth-order valence-electron chi connectivity index (χ4n) is 9.47. The first-order chi connectivity index (χ1) is 30.7. The maximum Gasteiger partial charge on any atom is 0.143 e. The van der Waals surface area contributed by atoms with Gasteiger partial charge in [0.05, 0.1) is 11.1 Å². The van der Waals surface area contributed by atoms with E-state index in [0.717, 1.165) is 55.3 Å². The average Bonchev–Trinajstić information content (AvgIpc) is 3.75. The molecule has 2 heteroatoms. The molecule has 0 N–H and O–H groups in total. The second kappa shape index (κ2) is 14.8. The standard InChI is InChI=1S/C60H39NO/c1-2-13-40(14-3-1)41-25-27-42(28-26-41)43-29-34-47(35-30-43)61(57-23-12-24-58-59(57)55-38-33-44-15-4-7-19-51(44)60(55)62-58)48-36-31-45(32-37-48)49-17-8-9-21-53(49)56-39-46-16-5-6-18-50(46)52-20-10-11-22-54(52)56/h1-39H. The van der Waals surface area contributed by atoms with Crippen LogP contribution in [0.4, 0.5) is 17.1 Å². The Labute approximate surface area is 360 Å². The van der Waals surface area contributed by atoms with E-state index in [4.69, 9.17) is 4.42 Å². The summed E-state index contributed by atoms with van der Waals surface area (Å²) >= 11 is 0. The molecule has 1 heterocycles. The molecule has 0 bridgehead atoms. The summed E-state index contributed by atoms with van der Waals surface area (Å²) in [7, 11) is 0. The van der Waals surface area contributed by atoms with Gasteiger partial charge < -0.3 is 9.32 Å². The van der Waals surface area contributed by atoms with Gasteiger partial charge in [0.2, 0.25) is 0 Å². The fraction of sp³-hybridized carbons (Fsp3) is 0. The summed E-state index contributed by atoms with van der Waals surface area (Å²) in [5, 5.41) is 9.51. The van der Waals surface area contributed by atoms with Crippen molar-refractivity contribution in [2.75, 3.05) is 4.90 Å². The molecular weight excluding hydrogens is 751 g/mol. The minimum atomic E-state index is 0.863. The molecule has 0 amide bonds. The summed E-state index contributed by atoms with van der Waals surface area (Å²) in [6.07, 6.45) is 0. The summed E-state index contributed by atoms with van der Waals surface area (Å²) in [5.74, 6) is 0. The molecule has 290 valence electrons. The number of anilines is 3. The molecule has 2 nitrogen and oxygen atoms in total. The van der Waals surface area contributed by atoms with Crippen LogP contribution in [0, 0.1) is 0 Å². The smallest absolute Gasteiger partial charge is 0.143 e. The Balaban J connectivity index is 0.987. The molecule has 62 heavy (non-hydrogen) atoms. The Morgan fingerprint density at radius 2 is 0.823 bits per heavy atom. The number of hydrogen-bond donors (Lipinski definition) is 0. The van der Waals surface area contributed by atoms with Crippen LogP contribution in [0.15, 0.2) is 241 Å². The topological polar surface area (TPSA) is 16.4 Å². The van der Waals surface area contributed by atoms with Gasteiger partial charge in [-0.3, -0.25) is 0 Å². The molecule has 0 spiro atoms. The van der Waals surface area contributed by atoms with E-state index in [1.165, 1.54) is 60.5 Å². The van der Waals surface area contributed by atoms with Gasteiger partial charge in [0.1, 0.15) is 11.2 Å². The SMILES string of the molecule is c1ccc(-c2ccc(-c3ccc(N(c4ccc(-c5ccccc5-c5cc6ccccc6c6ccccc56)cc4)c4cccc5oc6c7ccccc7ccc6c45)cc3)cc2)cc1. The molecular formula is C60H39NO. The number of furan rings is 1. The van der Waals surface area contributed by atoms with Crippen molar-refractivity contribution in [2.45, 2.75) is 0 Å². The zero-order valence-electron chi connectivity index (χ0n) is 33.9. The number of fused-ring (bicyclic) bond motifs is 8. The van der Waals surface area contributed by atoms with Crippen molar-refractivity contribution in [3.63, 3.8) is 0 Å². The van der Waals surface area contributed by atoms with Crippen molar-refractivity contribution in [3.8, 4) is 44.5 Å². The first-order valence-electron chi connectivity index (χ1n) is 21.2. The highest BCUT2D eigenvalue weighted by molar-refractivity contribution is 6.20. The lowest BCUT2D eigenvalue weighted by atomic mass is 9.89. The van der Waals surface area contributed by atoms with Crippen LogP contribution in [0.25, 0.3) is 98.8 Å². The molecule has 0 radical (unpaired) electrons. The molecule has 0 aliphatic rings. The van der Waals surface area contributed by atoms with E-state index in [0.29, 0.717) is 0 Å². The second-order valence-electron chi connectivity index (χ2n) is 16.0. The molecule has 12 rings (SSSR count). The van der Waals surface area contributed by atoms with E-state index in [1.807, 2.05) is 0 Å². The maximum atomic E-state index is 6.71. The van der Waals surface area contributed by atoms with Crippen molar-refractivity contribution in [1.82, 2.24) is 0 Å². The summed E-state index contributed by atoms with van der Waals surface area (Å²) in [5.41, 5.74) is 14.5. The molecule has 12 aromatic rings. The van der Waals surface area contributed by atoms with Crippen molar-refractivity contribution < 1.29 is 4.42 Å². The van der Waals surface area contributed by atoms with E-state index in [1.54, 1.807) is 0 Å². The maximum absolute atomic E-state index is 6.71. The van der Waals surface area contributed by atoms with E-state index >= 15 is 0 Å². The molecule has 0 aliphatic heterocycles. The number of benzene rings is 11. The number of nitrogens with zero attached hydrogens (tertiary/aromatic N) is 1. The van der Waals surface area contributed by atoms with Gasteiger partial charge in [0, 0.05) is 22.1 Å². The molecule has 0 aliphatic carbocycles. The zero-order valence-corrected chi connectivity index (χ0v) is 33.9.